The Hall–Kier alpha value is -2.35. The molecule has 1 heterocycles. The molecule has 1 amide bonds. The van der Waals surface area contributed by atoms with E-state index >= 15 is 0 Å². The second-order valence-corrected chi connectivity index (χ2v) is 10.1. The molecule has 0 aliphatic heterocycles. The highest BCUT2D eigenvalue weighted by molar-refractivity contribution is 7.90. The maximum atomic E-state index is 14.7. The zero-order valence-electron chi connectivity index (χ0n) is 17.3. The normalized spacial score (nSPS) is 18.0. The van der Waals surface area contributed by atoms with E-state index in [9.17, 15) is 13.7 Å². The molecule has 1 atom stereocenters. The van der Waals surface area contributed by atoms with E-state index in [4.69, 9.17) is 5.73 Å². The van der Waals surface area contributed by atoms with E-state index in [0.717, 1.165) is 48.6 Å². The number of hydrogen-bond donors (Lipinski definition) is 2. The van der Waals surface area contributed by atoms with Crippen molar-refractivity contribution < 1.29 is 13.7 Å². The first-order chi connectivity index (χ1) is 15.0. The number of nitrogens with two attached hydrogens (primary N) is 1. The Morgan fingerprint density at radius 1 is 1.19 bits per heavy atom. The molecule has 2 fully saturated rings. The maximum absolute atomic E-state index is 14.7. The van der Waals surface area contributed by atoms with Gasteiger partial charge in [-0.05, 0) is 67.9 Å². The van der Waals surface area contributed by atoms with Crippen LogP contribution in [-0.2, 0) is 17.9 Å². The standard InChI is InChI=1S/C24H26FN3O2S/c25-21-9-3-8-20(24(26)29)23(21)15-10-11-19-16(13-27-31(30)18-6-2-7-18)14-28(22(19)12-15)17-4-1-5-17/h3,8-12,14,17-18,27H,1-2,4-7,13H2,(H2,26,29). The minimum absolute atomic E-state index is 0.180. The molecule has 0 saturated heterocycles. The Morgan fingerprint density at radius 2 is 1.97 bits per heavy atom. The molecule has 2 aromatic carbocycles. The third-order valence-corrected chi connectivity index (χ3v) is 8.22. The number of carbonyl (C=O) groups is 1. The van der Waals surface area contributed by atoms with Crippen LogP contribution in [0, 0.1) is 5.82 Å². The first-order valence-corrected chi connectivity index (χ1v) is 12.1. The molecule has 5 rings (SSSR count). The van der Waals surface area contributed by atoms with Crippen molar-refractivity contribution in [1.82, 2.24) is 9.29 Å². The summed E-state index contributed by atoms with van der Waals surface area (Å²) < 4.78 is 32.6. The lowest BCUT2D eigenvalue weighted by Crippen LogP contribution is -2.38. The van der Waals surface area contributed by atoms with Crippen molar-refractivity contribution in [3.8, 4) is 11.1 Å². The fourth-order valence-corrected chi connectivity index (χ4v) is 5.76. The second kappa shape index (κ2) is 8.30. The number of amides is 1. The van der Waals surface area contributed by atoms with E-state index in [1.54, 1.807) is 6.07 Å². The van der Waals surface area contributed by atoms with Crippen LogP contribution in [-0.4, -0.2) is 20.3 Å². The SMILES string of the molecule is NC(=O)c1cccc(F)c1-c1ccc2c(CN[S+]([O-])C3CCC3)cn(C3CCC3)c2c1. The molecule has 162 valence electrons. The topological polar surface area (TPSA) is 83.1 Å². The summed E-state index contributed by atoms with van der Waals surface area (Å²) in [6.45, 7) is 0.533. The van der Waals surface area contributed by atoms with E-state index in [2.05, 4.69) is 15.5 Å². The highest BCUT2D eigenvalue weighted by atomic mass is 32.2. The van der Waals surface area contributed by atoms with Crippen LogP contribution in [0.5, 0.6) is 0 Å². The van der Waals surface area contributed by atoms with Gasteiger partial charge in [-0.15, -0.1) is 4.72 Å². The van der Waals surface area contributed by atoms with Gasteiger partial charge in [0, 0.05) is 45.6 Å². The van der Waals surface area contributed by atoms with Gasteiger partial charge in [-0.1, -0.05) is 18.2 Å². The lowest BCUT2D eigenvalue weighted by Gasteiger charge is -2.28. The summed E-state index contributed by atoms with van der Waals surface area (Å²) in [4.78, 5) is 11.9. The lowest BCUT2D eigenvalue weighted by atomic mass is 9.92. The fourth-order valence-electron chi connectivity index (χ4n) is 4.46. The first-order valence-electron chi connectivity index (χ1n) is 10.9. The van der Waals surface area contributed by atoms with Gasteiger partial charge in [-0.25, -0.2) is 4.39 Å². The average Bonchev–Trinajstić information content (AvgIpc) is 3.01. The van der Waals surface area contributed by atoms with E-state index in [0.29, 0.717) is 18.2 Å². The number of fused-ring (bicyclic) bond motifs is 1. The van der Waals surface area contributed by atoms with Gasteiger partial charge in [-0.2, -0.15) is 0 Å². The molecule has 5 nitrogen and oxygen atoms in total. The number of primary amides is 1. The lowest BCUT2D eigenvalue weighted by molar-refractivity contribution is 0.100. The molecule has 2 aliphatic rings. The van der Waals surface area contributed by atoms with Crippen molar-refractivity contribution in [2.45, 2.75) is 56.4 Å². The van der Waals surface area contributed by atoms with E-state index in [1.807, 2.05) is 18.2 Å². The number of nitrogens with one attached hydrogen (secondary N) is 1. The highest BCUT2D eigenvalue weighted by Crippen LogP contribution is 2.38. The van der Waals surface area contributed by atoms with E-state index in [-0.39, 0.29) is 16.4 Å². The van der Waals surface area contributed by atoms with Crippen LogP contribution in [0.1, 0.15) is 60.5 Å². The maximum Gasteiger partial charge on any atom is 0.249 e. The number of nitrogens with zero attached hydrogens (tertiary/aromatic N) is 1. The zero-order chi connectivity index (χ0) is 21.5. The molecule has 1 unspecified atom stereocenters. The monoisotopic (exact) mass is 439 g/mol. The molecule has 31 heavy (non-hydrogen) atoms. The first kappa shape index (κ1) is 20.5. The largest absolute Gasteiger partial charge is 0.598 e. The molecular formula is C24H26FN3O2S. The van der Waals surface area contributed by atoms with E-state index in [1.165, 1.54) is 18.6 Å². The molecule has 3 aromatic rings. The summed E-state index contributed by atoms with van der Waals surface area (Å²) in [5.74, 6) is -1.11. The second-order valence-electron chi connectivity index (χ2n) is 8.58. The Morgan fingerprint density at radius 3 is 2.61 bits per heavy atom. The number of carbonyl (C=O) groups excluding carboxylic acids is 1. The molecule has 2 aliphatic carbocycles. The minimum Gasteiger partial charge on any atom is -0.598 e. The Bertz CT molecular complexity index is 1140. The number of benzene rings is 2. The van der Waals surface area contributed by atoms with Crippen molar-refractivity contribution in [3.63, 3.8) is 0 Å². The third-order valence-electron chi connectivity index (χ3n) is 6.71. The number of aromatic nitrogens is 1. The summed E-state index contributed by atoms with van der Waals surface area (Å²) in [6.07, 6.45) is 8.77. The molecule has 0 spiro atoms. The van der Waals surface area contributed by atoms with Crippen LogP contribution in [0.25, 0.3) is 22.0 Å². The van der Waals surface area contributed by atoms with Crippen molar-refractivity contribution in [2.75, 3.05) is 0 Å². The summed E-state index contributed by atoms with van der Waals surface area (Å²) in [5, 5.41) is 1.32. The predicted octanol–water partition coefficient (Wildman–Crippen LogP) is 4.58. The Balaban J connectivity index is 1.54. The number of halogens is 1. The predicted molar refractivity (Wildman–Crippen MR) is 121 cm³/mol. The summed E-state index contributed by atoms with van der Waals surface area (Å²) >= 11 is -1.02. The molecule has 0 radical (unpaired) electrons. The summed E-state index contributed by atoms with van der Waals surface area (Å²) in [7, 11) is 0. The summed E-state index contributed by atoms with van der Waals surface area (Å²) in [5.41, 5.74) is 8.66. The van der Waals surface area contributed by atoms with Gasteiger partial charge in [0.25, 0.3) is 0 Å². The number of rotatable bonds is 7. The molecule has 0 bridgehead atoms. The number of hydrogen-bond acceptors (Lipinski definition) is 3. The molecular weight excluding hydrogens is 413 g/mol. The van der Waals surface area contributed by atoms with Crippen LogP contribution in [0.2, 0.25) is 0 Å². The van der Waals surface area contributed by atoms with Crippen molar-refractivity contribution in [3.05, 3.63) is 59.5 Å². The van der Waals surface area contributed by atoms with Gasteiger partial charge in [0.05, 0.1) is 6.54 Å². The van der Waals surface area contributed by atoms with E-state index < -0.39 is 23.1 Å². The van der Waals surface area contributed by atoms with Gasteiger partial charge < -0.3 is 14.9 Å². The molecule has 1 aromatic heterocycles. The molecule has 2 saturated carbocycles. The van der Waals surface area contributed by atoms with Crippen molar-refractivity contribution >= 4 is 28.2 Å². The molecule has 7 heteroatoms. The smallest absolute Gasteiger partial charge is 0.249 e. The molecule has 3 N–H and O–H groups in total. The van der Waals surface area contributed by atoms with Crippen LogP contribution >= 0.6 is 0 Å². The van der Waals surface area contributed by atoms with Crippen molar-refractivity contribution in [2.24, 2.45) is 5.73 Å². The average molecular weight is 440 g/mol. The Kier molecular flexibility index (Phi) is 5.50. The van der Waals surface area contributed by atoms with Gasteiger partial charge in [-0.3, -0.25) is 4.79 Å². The zero-order valence-corrected chi connectivity index (χ0v) is 18.1. The van der Waals surface area contributed by atoms with Gasteiger partial charge in [0.2, 0.25) is 5.91 Å². The third kappa shape index (κ3) is 3.75. The fraction of sp³-hybridized carbons (Fsp3) is 0.375. The minimum atomic E-state index is -1.02. The van der Waals surface area contributed by atoms with Crippen LogP contribution < -0.4 is 10.5 Å². The van der Waals surface area contributed by atoms with Crippen LogP contribution in [0.15, 0.2) is 42.6 Å². The van der Waals surface area contributed by atoms with Crippen LogP contribution in [0.4, 0.5) is 4.39 Å². The Labute approximate surface area is 184 Å². The van der Waals surface area contributed by atoms with Crippen molar-refractivity contribution in [1.29, 1.82) is 0 Å². The van der Waals surface area contributed by atoms with Gasteiger partial charge >= 0.3 is 0 Å². The van der Waals surface area contributed by atoms with Gasteiger partial charge in [0.1, 0.15) is 11.1 Å². The highest BCUT2D eigenvalue weighted by Gasteiger charge is 2.30. The summed E-state index contributed by atoms with van der Waals surface area (Å²) in [6, 6.07) is 10.6. The quantitative estimate of drug-likeness (QED) is 0.529. The van der Waals surface area contributed by atoms with Gasteiger partial charge in [0.15, 0.2) is 0 Å². The van der Waals surface area contributed by atoms with Crippen LogP contribution in [0.3, 0.4) is 0 Å².